The topological polar surface area (TPSA) is 60.4 Å². The van der Waals surface area contributed by atoms with E-state index < -0.39 is 17.2 Å². The molecule has 2 aromatic heterocycles. The number of halogens is 3. The number of rotatable bonds is 1. The number of nitrogens with zero attached hydrogens (tertiary/aromatic N) is 3. The summed E-state index contributed by atoms with van der Waals surface area (Å²) in [5.74, 6) is -2.40. The first kappa shape index (κ1) is 12.0. The number of aromatic nitrogens is 3. The van der Waals surface area contributed by atoms with Gasteiger partial charge in [0.1, 0.15) is 4.47 Å². The van der Waals surface area contributed by atoms with Crippen LogP contribution in [0.5, 0.6) is 0 Å². The molecule has 2 heterocycles. The largest absolute Gasteiger partial charge is 0.335 e. The van der Waals surface area contributed by atoms with E-state index in [4.69, 9.17) is 4.52 Å². The monoisotopic (exact) mass is 327 g/mol. The van der Waals surface area contributed by atoms with Crippen LogP contribution in [0.15, 0.2) is 38.2 Å². The van der Waals surface area contributed by atoms with Gasteiger partial charge in [-0.15, -0.1) is 0 Å². The smallest absolute Gasteiger partial charge is 0.314 e. The summed E-state index contributed by atoms with van der Waals surface area (Å²) in [6.45, 7) is 0. The van der Waals surface area contributed by atoms with Crippen LogP contribution in [0.4, 0.5) is 8.78 Å². The minimum Gasteiger partial charge on any atom is -0.314 e. The van der Waals surface area contributed by atoms with Crippen LogP contribution >= 0.6 is 15.9 Å². The van der Waals surface area contributed by atoms with Crippen molar-refractivity contribution in [3.8, 4) is 11.4 Å². The Hall–Kier alpha value is -2.09. The van der Waals surface area contributed by atoms with Gasteiger partial charge in [0.05, 0.1) is 11.8 Å². The molecular weight excluding hydrogens is 324 g/mol. The van der Waals surface area contributed by atoms with Crippen molar-refractivity contribution < 1.29 is 13.3 Å². The van der Waals surface area contributed by atoms with Crippen molar-refractivity contribution in [1.82, 2.24) is 14.5 Å². The summed E-state index contributed by atoms with van der Waals surface area (Å²) in [6.07, 6.45) is 1.24. The Balaban J connectivity index is 2.41. The van der Waals surface area contributed by atoms with Crippen LogP contribution in [0.1, 0.15) is 0 Å². The Labute approximate surface area is 112 Å². The average molecular weight is 328 g/mol. The molecule has 1 aromatic carbocycles. The molecule has 8 heteroatoms. The standard InChI is InChI=1S/C11H4BrF2N3O2/c12-6-4-15-11-17(10(6)18)9(16-19-11)5-2-1-3-7(13)8(5)14/h1-4H. The highest BCUT2D eigenvalue weighted by atomic mass is 79.9. The molecule has 0 aliphatic heterocycles. The van der Waals surface area contributed by atoms with Crippen molar-refractivity contribution in [2.75, 3.05) is 0 Å². The van der Waals surface area contributed by atoms with E-state index in [0.29, 0.717) is 0 Å². The van der Waals surface area contributed by atoms with Crippen molar-refractivity contribution >= 4 is 21.8 Å². The van der Waals surface area contributed by atoms with Gasteiger partial charge in [0.15, 0.2) is 17.5 Å². The van der Waals surface area contributed by atoms with Gasteiger partial charge in [0.25, 0.3) is 5.56 Å². The van der Waals surface area contributed by atoms with Crippen LogP contribution in [0, 0.1) is 11.6 Å². The molecule has 0 bridgehead atoms. The molecule has 5 nitrogen and oxygen atoms in total. The zero-order valence-corrected chi connectivity index (χ0v) is 10.7. The fraction of sp³-hybridized carbons (Fsp3) is 0. The quantitative estimate of drug-likeness (QED) is 0.688. The summed E-state index contributed by atoms with van der Waals surface area (Å²) in [4.78, 5) is 15.8. The summed E-state index contributed by atoms with van der Waals surface area (Å²) in [6, 6.07) is 3.58. The van der Waals surface area contributed by atoms with Crippen LogP contribution in [-0.2, 0) is 0 Å². The lowest BCUT2D eigenvalue weighted by Gasteiger charge is -2.00. The molecule has 0 fully saturated rings. The molecule has 0 amide bonds. The van der Waals surface area contributed by atoms with Gasteiger partial charge >= 0.3 is 5.84 Å². The Morgan fingerprint density at radius 2 is 2.11 bits per heavy atom. The van der Waals surface area contributed by atoms with Crippen molar-refractivity contribution in [3.05, 3.63) is 50.9 Å². The van der Waals surface area contributed by atoms with Crippen molar-refractivity contribution in [1.29, 1.82) is 0 Å². The van der Waals surface area contributed by atoms with E-state index in [2.05, 4.69) is 26.1 Å². The summed E-state index contributed by atoms with van der Waals surface area (Å²) in [5, 5.41) is 3.57. The SMILES string of the molecule is O=c1c(Br)cnc2onc(-c3cccc(F)c3F)n12. The summed E-state index contributed by atoms with van der Waals surface area (Å²) >= 11 is 3.01. The summed E-state index contributed by atoms with van der Waals surface area (Å²) in [7, 11) is 0. The van der Waals surface area contributed by atoms with Crippen molar-refractivity contribution in [3.63, 3.8) is 0 Å². The number of benzene rings is 1. The molecule has 0 radical (unpaired) electrons. The van der Waals surface area contributed by atoms with Crippen molar-refractivity contribution in [2.45, 2.75) is 0 Å². The minimum atomic E-state index is -1.11. The van der Waals surface area contributed by atoms with Crippen LogP contribution in [0.3, 0.4) is 0 Å². The molecule has 0 aliphatic rings. The minimum absolute atomic E-state index is 0.105. The second-order valence-corrected chi connectivity index (χ2v) is 4.49. The maximum absolute atomic E-state index is 13.7. The molecule has 0 unspecified atom stereocenters. The van der Waals surface area contributed by atoms with Crippen LogP contribution in [0.25, 0.3) is 17.2 Å². The lowest BCUT2D eigenvalue weighted by molar-refractivity contribution is 0.447. The predicted molar refractivity (Wildman–Crippen MR) is 64.6 cm³/mol. The molecule has 0 spiro atoms. The van der Waals surface area contributed by atoms with Gasteiger partial charge in [-0.2, -0.15) is 0 Å². The number of hydrogen-bond acceptors (Lipinski definition) is 4. The third-order valence-corrected chi connectivity index (χ3v) is 3.05. The third kappa shape index (κ3) is 1.75. The molecule has 19 heavy (non-hydrogen) atoms. The Bertz CT molecular complexity index is 844. The lowest BCUT2D eigenvalue weighted by atomic mass is 10.2. The van der Waals surface area contributed by atoms with Crippen LogP contribution in [0.2, 0.25) is 0 Å². The van der Waals surface area contributed by atoms with Gasteiger partial charge in [0.2, 0.25) is 0 Å². The van der Waals surface area contributed by atoms with E-state index in [1.54, 1.807) is 0 Å². The predicted octanol–water partition coefficient (Wildman–Crippen LogP) is 2.39. The first-order chi connectivity index (χ1) is 9.09. The highest BCUT2D eigenvalue weighted by Crippen LogP contribution is 2.23. The highest BCUT2D eigenvalue weighted by molar-refractivity contribution is 9.10. The van der Waals surface area contributed by atoms with Gasteiger partial charge in [-0.1, -0.05) is 11.2 Å². The molecule has 0 saturated carbocycles. The summed E-state index contributed by atoms with van der Waals surface area (Å²) in [5.41, 5.74) is -0.703. The normalized spacial score (nSPS) is 11.1. The molecule has 0 saturated heterocycles. The lowest BCUT2D eigenvalue weighted by Crippen LogP contribution is -2.15. The molecule has 0 atom stereocenters. The van der Waals surface area contributed by atoms with Crippen LogP contribution < -0.4 is 5.56 Å². The van der Waals surface area contributed by atoms with E-state index in [9.17, 15) is 13.6 Å². The van der Waals surface area contributed by atoms with E-state index in [1.807, 2.05) is 0 Å². The zero-order valence-electron chi connectivity index (χ0n) is 9.10. The van der Waals surface area contributed by atoms with Crippen LogP contribution in [-0.4, -0.2) is 14.5 Å². The third-order valence-electron chi connectivity index (χ3n) is 2.51. The van der Waals surface area contributed by atoms with Gasteiger partial charge in [0, 0.05) is 0 Å². The second-order valence-electron chi connectivity index (χ2n) is 3.64. The van der Waals surface area contributed by atoms with Gasteiger partial charge in [-0.3, -0.25) is 4.79 Å². The first-order valence-electron chi connectivity index (χ1n) is 5.07. The van der Waals surface area contributed by atoms with E-state index >= 15 is 0 Å². The Morgan fingerprint density at radius 1 is 1.32 bits per heavy atom. The summed E-state index contributed by atoms with van der Waals surface area (Å²) < 4.78 is 32.9. The van der Waals surface area contributed by atoms with E-state index in [1.165, 1.54) is 18.3 Å². The Kier molecular flexibility index (Phi) is 2.67. The first-order valence-corrected chi connectivity index (χ1v) is 5.86. The van der Waals surface area contributed by atoms with Crippen molar-refractivity contribution in [2.24, 2.45) is 0 Å². The zero-order chi connectivity index (χ0) is 13.6. The van der Waals surface area contributed by atoms with E-state index in [0.717, 1.165) is 10.5 Å². The molecular formula is C11H4BrF2N3O2. The molecule has 3 rings (SSSR count). The van der Waals surface area contributed by atoms with Gasteiger partial charge in [-0.05, 0) is 28.1 Å². The molecule has 96 valence electrons. The molecule has 0 aliphatic carbocycles. The highest BCUT2D eigenvalue weighted by Gasteiger charge is 2.19. The fourth-order valence-electron chi connectivity index (χ4n) is 1.64. The average Bonchev–Trinajstić information content (AvgIpc) is 2.82. The second kappa shape index (κ2) is 4.23. The van der Waals surface area contributed by atoms with Gasteiger partial charge in [-0.25, -0.2) is 18.2 Å². The maximum atomic E-state index is 13.7. The number of fused-ring (bicyclic) bond motifs is 1. The fourth-order valence-corrected chi connectivity index (χ4v) is 1.92. The van der Waals surface area contributed by atoms with E-state index in [-0.39, 0.29) is 21.7 Å². The number of hydrogen-bond donors (Lipinski definition) is 0. The maximum Gasteiger partial charge on any atom is 0.335 e. The molecule has 0 N–H and O–H groups in total. The van der Waals surface area contributed by atoms with Gasteiger partial charge < -0.3 is 4.52 Å². The Morgan fingerprint density at radius 3 is 2.89 bits per heavy atom. The molecule has 3 aromatic rings.